The Morgan fingerprint density at radius 1 is 1.21 bits per heavy atom. The first kappa shape index (κ1) is 11.2. The number of ketones is 1. The third-order valence-corrected chi connectivity index (χ3v) is 2.76. The second-order valence-corrected chi connectivity index (χ2v) is 3.80. The predicted octanol–water partition coefficient (Wildman–Crippen LogP) is 2.17. The molecule has 0 aromatic heterocycles. The second-order valence-electron chi connectivity index (χ2n) is 3.80. The SMILES string of the molecule is C=CCN(CC=C)C1CCC(=O)CC1. The highest BCUT2D eigenvalue weighted by Crippen LogP contribution is 2.20. The summed E-state index contributed by atoms with van der Waals surface area (Å²) >= 11 is 0. The maximum absolute atomic E-state index is 11.1. The lowest BCUT2D eigenvalue weighted by Gasteiger charge is -2.32. The number of hydrogen-bond donors (Lipinski definition) is 0. The average Bonchev–Trinajstić information content (AvgIpc) is 2.19. The van der Waals surface area contributed by atoms with Gasteiger partial charge in [0.2, 0.25) is 0 Å². The topological polar surface area (TPSA) is 20.3 Å². The van der Waals surface area contributed by atoms with Crippen LogP contribution in [0.3, 0.4) is 0 Å². The summed E-state index contributed by atoms with van der Waals surface area (Å²) in [6.45, 7) is 9.29. The first-order valence-corrected chi connectivity index (χ1v) is 5.25. The quantitative estimate of drug-likeness (QED) is 0.624. The molecule has 0 aromatic carbocycles. The van der Waals surface area contributed by atoms with Crippen molar-refractivity contribution in [2.75, 3.05) is 13.1 Å². The van der Waals surface area contributed by atoms with E-state index in [2.05, 4.69) is 18.1 Å². The van der Waals surface area contributed by atoms with E-state index in [0.29, 0.717) is 11.8 Å². The van der Waals surface area contributed by atoms with Crippen LogP contribution in [0.25, 0.3) is 0 Å². The van der Waals surface area contributed by atoms with Gasteiger partial charge in [-0.25, -0.2) is 0 Å². The van der Waals surface area contributed by atoms with Crippen molar-refractivity contribution in [2.45, 2.75) is 31.7 Å². The van der Waals surface area contributed by atoms with Gasteiger partial charge in [0.05, 0.1) is 0 Å². The minimum absolute atomic E-state index is 0.415. The Bertz CT molecular complexity index is 202. The van der Waals surface area contributed by atoms with Crippen molar-refractivity contribution >= 4 is 5.78 Å². The van der Waals surface area contributed by atoms with E-state index in [1.807, 2.05) is 12.2 Å². The van der Waals surface area contributed by atoms with Gasteiger partial charge in [0, 0.05) is 32.0 Å². The monoisotopic (exact) mass is 193 g/mol. The van der Waals surface area contributed by atoms with Crippen molar-refractivity contribution < 1.29 is 4.79 Å². The van der Waals surface area contributed by atoms with Crippen molar-refractivity contribution in [3.05, 3.63) is 25.3 Å². The van der Waals surface area contributed by atoms with Crippen LogP contribution in [0.15, 0.2) is 25.3 Å². The number of hydrogen-bond acceptors (Lipinski definition) is 2. The molecule has 0 spiro atoms. The summed E-state index contributed by atoms with van der Waals surface area (Å²) in [7, 11) is 0. The molecule has 0 atom stereocenters. The smallest absolute Gasteiger partial charge is 0.133 e. The summed E-state index contributed by atoms with van der Waals surface area (Å²) in [6.07, 6.45) is 7.33. The minimum atomic E-state index is 0.415. The Labute approximate surface area is 86.3 Å². The summed E-state index contributed by atoms with van der Waals surface area (Å²) in [4.78, 5) is 13.4. The van der Waals surface area contributed by atoms with E-state index in [0.717, 1.165) is 38.8 Å². The molecule has 2 nitrogen and oxygen atoms in total. The fraction of sp³-hybridized carbons (Fsp3) is 0.583. The molecule has 0 aromatic rings. The second kappa shape index (κ2) is 5.76. The van der Waals surface area contributed by atoms with Gasteiger partial charge in [-0.3, -0.25) is 9.69 Å². The van der Waals surface area contributed by atoms with E-state index < -0.39 is 0 Å². The summed E-state index contributed by atoms with van der Waals surface area (Å²) in [6, 6.07) is 0.545. The van der Waals surface area contributed by atoms with Crippen LogP contribution >= 0.6 is 0 Å². The van der Waals surface area contributed by atoms with Crippen LogP contribution in [-0.4, -0.2) is 29.8 Å². The highest BCUT2D eigenvalue weighted by molar-refractivity contribution is 5.79. The van der Waals surface area contributed by atoms with E-state index >= 15 is 0 Å². The first-order chi connectivity index (χ1) is 6.77. The van der Waals surface area contributed by atoms with Gasteiger partial charge in [-0.15, -0.1) is 13.2 Å². The van der Waals surface area contributed by atoms with Crippen LogP contribution in [0.2, 0.25) is 0 Å². The van der Waals surface area contributed by atoms with Gasteiger partial charge in [-0.1, -0.05) is 12.2 Å². The third kappa shape index (κ3) is 3.11. The summed E-state index contributed by atoms with van der Waals surface area (Å²) in [5.41, 5.74) is 0. The number of carbonyl (C=O) groups excluding carboxylic acids is 1. The molecule has 1 aliphatic rings. The largest absolute Gasteiger partial charge is 0.300 e. The molecule has 78 valence electrons. The summed E-state index contributed by atoms with van der Waals surface area (Å²) in [5, 5.41) is 0. The van der Waals surface area contributed by atoms with Crippen LogP contribution in [0, 0.1) is 0 Å². The maximum Gasteiger partial charge on any atom is 0.133 e. The van der Waals surface area contributed by atoms with Crippen molar-refractivity contribution in [1.82, 2.24) is 4.90 Å². The van der Waals surface area contributed by atoms with Gasteiger partial charge in [0.1, 0.15) is 5.78 Å². The molecule has 0 amide bonds. The van der Waals surface area contributed by atoms with Crippen LogP contribution in [0.1, 0.15) is 25.7 Å². The van der Waals surface area contributed by atoms with Crippen molar-refractivity contribution in [3.8, 4) is 0 Å². The molecule has 1 aliphatic carbocycles. The molecule has 0 bridgehead atoms. The van der Waals surface area contributed by atoms with Gasteiger partial charge in [-0.2, -0.15) is 0 Å². The summed E-state index contributed by atoms with van der Waals surface area (Å²) in [5.74, 6) is 0.415. The Morgan fingerprint density at radius 2 is 1.71 bits per heavy atom. The molecule has 0 unspecified atom stereocenters. The number of rotatable bonds is 5. The van der Waals surface area contributed by atoms with Gasteiger partial charge in [0.25, 0.3) is 0 Å². The zero-order valence-electron chi connectivity index (χ0n) is 8.74. The average molecular weight is 193 g/mol. The van der Waals surface area contributed by atoms with E-state index in [-0.39, 0.29) is 0 Å². The molecule has 0 N–H and O–H groups in total. The molecule has 14 heavy (non-hydrogen) atoms. The number of Topliss-reactive ketones (excluding diaryl/α,β-unsaturated/α-hetero) is 1. The van der Waals surface area contributed by atoms with Gasteiger partial charge < -0.3 is 0 Å². The summed E-state index contributed by atoms with van der Waals surface area (Å²) < 4.78 is 0. The van der Waals surface area contributed by atoms with E-state index in [4.69, 9.17) is 0 Å². The molecular formula is C12H19NO. The van der Waals surface area contributed by atoms with Gasteiger partial charge >= 0.3 is 0 Å². The molecule has 0 heterocycles. The van der Waals surface area contributed by atoms with Crippen LogP contribution in [0.5, 0.6) is 0 Å². The van der Waals surface area contributed by atoms with Crippen LogP contribution in [-0.2, 0) is 4.79 Å². The highest BCUT2D eigenvalue weighted by atomic mass is 16.1. The Hall–Kier alpha value is -0.890. The first-order valence-electron chi connectivity index (χ1n) is 5.25. The minimum Gasteiger partial charge on any atom is -0.300 e. The lowest BCUT2D eigenvalue weighted by atomic mass is 9.93. The molecule has 2 heteroatoms. The van der Waals surface area contributed by atoms with E-state index in [1.54, 1.807) is 0 Å². The van der Waals surface area contributed by atoms with Crippen molar-refractivity contribution in [1.29, 1.82) is 0 Å². The van der Waals surface area contributed by atoms with Crippen LogP contribution in [0.4, 0.5) is 0 Å². The normalized spacial score (nSPS) is 18.5. The molecular weight excluding hydrogens is 174 g/mol. The lowest BCUT2D eigenvalue weighted by Crippen LogP contribution is -2.38. The third-order valence-electron chi connectivity index (χ3n) is 2.76. The fourth-order valence-corrected chi connectivity index (χ4v) is 1.99. The highest BCUT2D eigenvalue weighted by Gasteiger charge is 2.22. The predicted molar refractivity (Wildman–Crippen MR) is 59.2 cm³/mol. The Balaban J connectivity index is 2.45. The van der Waals surface area contributed by atoms with Gasteiger partial charge in [-0.05, 0) is 12.8 Å². The Kier molecular flexibility index (Phi) is 4.60. The number of carbonyl (C=O) groups is 1. The Morgan fingerprint density at radius 3 is 2.14 bits per heavy atom. The molecule has 1 saturated carbocycles. The molecule has 0 aliphatic heterocycles. The molecule has 1 fully saturated rings. The molecule has 0 saturated heterocycles. The van der Waals surface area contributed by atoms with Crippen LogP contribution < -0.4 is 0 Å². The lowest BCUT2D eigenvalue weighted by molar-refractivity contribution is -0.121. The van der Waals surface area contributed by atoms with E-state index in [1.165, 1.54) is 0 Å². The zero-order chi connectivity index (χ0) is 10.4. The zero-order valence-corrected chi connectivity index (χ0v) is 8.74. The standard InChI is InChI=1S/C12H19NO/c1-3-9-13(10-4-2)11-5-7-12(14)8-6-11/h3-4,11H,1-2,5-10H2. The molecule has 1 rings (SSSR count). The van der Waals surface area contributed by atoms with E-state index in [9.17, 15) is 4.79 Å². The fourth-order valence-electron chi connectivity index (χ4n) is 1.99. The molecule has 0 radical (unpaired) electrons. The van der Waals surface area contributed by atoms with Crippen molar-refractivity contribution in [2.24, 2.45) is 0 Å². The number of nitrogens with zero attached hydrogens (tertiary/aromatic N) is 1. The van der Waals surface area contributed by atoms with Gasteiger partial charge in [0.15, 0.2) is 0 Å². The van der Waals surface area contributed by atoms with Crippen molar-refractivity contribution in [3.63, 3.8) is 0 Å². The maximum atomic E-state index is 11.1.